The number of carbonyl (C=O) groups is 2. The van der Waals surface area contributed by atoms with Crippen LogP contribution in [0.2, 0.25) is 5.02 Å². The van der Waals surface area contributed by atoms with Crippen molar-refractivity contribution in [2.45, 2.75) is 0 Å². The Kier molecular flexibility index (Phi) is 4.33. The van der Waals surface area contributed by atoms with Gasteiger partial charge in [-0.05, 0) is 60.3 Å². The lowest BCUT2D eigenvalue weighted by Crippen LogP contribution is -2.54. The summed E-state index contributed by atoms with van der Waals surface area (Å²) in [6, 6.07) is 12.7. The van der Waals surface area contributed by atoms with Crippen molar-refractivity contribution in [3.05, 3.63) is 64.7 Å². The first-order valence-electron chi connectivity index (χ1n) is 6.92. The molecule has 1 fully saturated rings. The maximum atomic E-state index is 12.7. The molecule has 1 saturated heterocycles. The SMILES string of the molecule is O=C1NC(=S)N(c2ccc(Cl)cc2)C(=O)/C1=C\c1ccc(O)cc1. The molecule has 0 bridgehead atoms. The summed E-state index contributed by atoms with van der Waals surface area (Å²) in [4.78, 5) is 26.1. The van der Waals surface area contributed by atoms with E-state index < -0.39 is 11.8 Å². The van der Waals surface area contributed by atoms with Gasteiger partial charge in [-0.15, -0.1) is 0 Å². The highest BCUT2D eigenvalue weighted by atomic mass is 35.5. The fourth-order valence-electron chi connectivity index (χ4n) is 2.22. The number of benzene rings is 2. The van der Waals surface area contributed by atoms with Gasteiger partial charge < -0.3 is 5.11 Å². The van der Waals surface area contributed by atoms with Crippen LogP contribution in [0.1, 0.15) is 5.56 Å². The Hall–Kier alpha value is -2.70. The first-order chi connectivity index (χ1) is 11.5. The minimum absolute atomic E-state index is 0.00942. The number of aromatic hydroxyl groups is 1. The zero-order chi connectivity index (χ0) is 17.3. The Morgan fingerprint density at radius 1 is 1.04 bits per heavy atom. The summed E-state index contributed by atoms with van der Waals surface area (Å²) in [5, 5.41) is 12.3. The molecule has 1 heterocycles. The first-order valence-corrected chi connectivity index (χ1v) is 7.70. The molecule has 2 aromatic rings. The van der Waals surface area contributed by atoms with Gasteiger partial charge in [0, 0.05) is 5.02 Å². The number of phenols is 1. The molecule has 1 aliphatic heterocycles. The van der Waals surface area contributed by atoms with Crippen LogP contribution in [0.5, 0.6) is 5.75 Å². The molecular formula is C17H11ClN2O3S. The van der Waals surface area contributed by atoms with Gasteiger partial charge in [0.1, 0.15) is 11.3 Å². The minimum Gasteiger partial charge on any atom is -0.508 e. The number of halogens is 1. The van der Waals surface area contributed by atoms with Crippen LogP contribution < -0.4 is 10.2 Å². The summed E-state index contributed by atoms with van der Waals surface area (Å²) in [6.07, 6.45) is 1.45. The van der Waals surface area contributed by atoms with E-state index in [0.717, 1.165) is 0 Å². The van der Waals surface area contributed by atoms with Gasteiger partial charge in [0.25, 0.3) is 11.8 Å². The summed E-state index contributed by atoms with van der Waals surface area (Å²) in [7, 11) is 0. The van der Waals surface area contributed by atoms with Gasteiger partial charge in [0.05, 0.1) is 5.69 Å². The zero-order valence-corrected chi connectivity index (χ0v) is 13.8. The van der Waals surface area contributed by atoms with Crippen molar-refractivity contribution >= 4 is 52.5 Å². The lowest BCUT2D eigenvalue weighted by molar-refractivity contribution is -0.122. The van der Waals surface area contributed by atoms with E-state index >= 15 is 0 Å². The van der Waals surface area contributed by atoms with Crippen LogP contribution in [0.15, 0.2) is 54.1 Å². The van der Waals surface area contributed by atoms with Gasteiger partial charge in [0.2, 0.25) is 0 Å². The molecule has 0 spiro atoms. The monoisotopic (exact) mass is 358 g/mol. The highest BCUT2D eigenvalue weighted by molar-refractivity contribution is 7.80. The molecule has 5 nitrogen and oxygen atoms in total. The number of phenolic OH excluding ortho intramolecular Hbond substituents is 1. The lowest BCUT2D eigenvalue weighted by Gasteiger charge is -2.28. The van der Waals surface area contributed by atoms with Crippen LogP contribution in [0.4, 0.5) is 5.69 Å². The van der Waals surface area contributed by atoms with Crippen LogP contribution in [0, 0.1) is 0 Å². The quantitative estimate of drug-likeness (QED) is 0.492. The molecule has 2 aromatic carbocycles. The Labute approximate surface area is 148 Å². The van der Waals surface area contributed by atoms with Gasteiger partial charge in [-0.25, -0.2) is 0 Å². The predicted octanol–water partition coefficient (Wildman–Crippen LogP) is 2.88. The van der Waals surface area contributed by atoms with Crippen LogP contribution in [0.3, 0.4) is 0 Å². The lowest BCUT2D eigenvalue weighted by atomic mass is 10.1. The third-order valence-corrected chi connectivity index (χ3v) is 3.93. The standard InChI is InChI=1S/C17H11ClN2O3S/c18-11-3-5-12(6-4-11)20-16(23)14(15(22)19-17(20)24)9-10-1-7-13(21)8-2-10/h1-9,21H,(H,19,22,24)/b14-9-. The highest BCUT2D eigenvalue weighted by Gasteiger charge is 2.34. The number of hydrogen-bond acceptors (Lipinski definition) is 4. The molecule has 0 radical (unpaired) electrons. The smallest absolute Gasteiger partial charge is 0.270 e. The number of amides is 2. The topological polar surface area (TPSA) is 69.6 Å². The molecule has 7 heteroatoms. The number of nitrogens with one attached hydrogen (secondary N) is 1. The van der Waals surface area contributed by atoms with Crippen LogP contribution in [-0.4, -0.2) is 22.0 Å². The molecule has 1 aliphatic rings. The first kappa shape index (κ1) is 16.2. The van der Waals surface area contributed by atoms with Gasteiger partial charge in [-0.1, -0.05) is 23.7 Å². The van der Waals surface area contributed by atoms with Crippen molar-refractivity contribution in [1.29, 1.82) is 0 Å². The maximum Gasteiger partial charge on any atom is 0.270 e. The van der Waals surface area contributed by atoms with E-state index in [2.05, 4.69) is 5.32 Å². The molecular weight excluding hydrogens is 348 g/mol. The predicted molar refractivity (Wildman–Crippen MR) is 95.8 cm³/mol. The molecule has 120 valence electrons. The van der Waals surface area contributed by atoms with Crippen LogP contribution >= 0.6 is 23.8 Å². The molecule has 0 aliphatic carbocycles. The van der Waals surface area contributed by atoms with Gasteiger partial charge in [0.15, 0.2) is 5.11 Å². The summed E-state index contributed by atoms with van der Waals surface area (Å²) in [6.45, 7) is 0. The second-order valence-corrected chi connectivity index (χ2v) is 5.85. The molecule has 2 N–H and O–H groups in total. The minimum atomic E-state index is -0.566. The third kappa shape index (κ3) is 3.15. The summed E-state index contributed by atoms with van der Waals surface area (Å²) in [5.41, 5.74) is 1.06. The second-order valence-electron chi connectivity index (χ2n) is 5.03. The van der Waals surface area contributed by atoms with Crippen molar-refractivity contribution in [3.63, 3.8) is 0 Å². The largest absolute Gasteiger partial charge is 0.508 e. The van der Waals surface area contributed by atoms with Gasteiger partial charge in [-0.3, -0.25) is 19.8 Å². The fraction of sp³-hybridized carbons (Fsp3) is 0. The number of nitrogens with zero attached hydrogens (tertiary/aromatic N) is 1. The van der Waals surface area contributed by atoms with Crippen molar-refractivity contribution in [1.82, 2.24) is 5.32 Å². The van der Waals surface area contributed by atoms with E-state index in [4.69, 9.17) is 23.8 Å². The van der Waals surface area contributed by atoms with Crippen molar-refractivity contribution in [3.8, 4) is 5.75 Å². The molecule has 2 amide bonds. The van der Waals surface area contributed by atoms with Gasteiger partial charge in [-0.2, -0.15) is 0 Å². The Morgan fingerprint density at radius 3 is 2.29 bits per heavy atom. The second kappa shape index (κ2) is 6.43. The van der Waals surface area contributed by atoms with E-state index in [-0.39, 0.29) is 16.4 Å². The maximum absolute atomic E-state index is 12.7. The normalized spacial score (nSPS) is 16.5. The summed E-state index contributed by atoms with van der Waals surface area (Å²) >= 11 is 11.0. The van der Waals surface area contributed by atoms with Crippen LogP contribution in [-0.2, 0) is 9.59 Å². The van der Waals surface area contributed by atoms with E-state index in [1.54, 1.807) is 36.4 Å². The van der Waals surface area contributed by atoms with Crippen molar-refractivity contribution < 1.29 is 14.7 Å². The number of thiocarbonyl (C=S) groups is 1. The van der Waals surface area contributed by atoms with E-state index in [9.17, 15) is 14.7 Å². The molecule has 24 heavy (non-hydrogen) atoms. The zero-order valence-electron chi connectivity index (χ0n) is 12.2. The van der Waals surface area contributed by atoms with Gasteiger partial charge >= 0.3 is 0 Å². The Balaban J connectivity index is 1.99. The Bertz CT molecular complexity index is 860. The van der Waals surface area contributed by atoms with Crippen molar-refractivity contribution in [2.24, 2.45) is 0 Å². The molecule has 0 aromatic heterocycles. The molecule has 0 unspecified atom stereocenters. The number of rotatable bonds is 2. The average Bonchev–Trinajstić information content (AvgIpc) is 2.55. The van der Waals surface area contributed by atoms with Crippen LogP contribution in [0.25, 0.3) is 6.08 Å². The van der Waals surface area contributed by atoms with Crippen molar-refractivity contribution in [2.75, 3.05) is 4.90 Å². The summed E-state index contributed by atoms with van der Waals surface area (Å²) < 4.78 is 0. The number of carbonyl (C=O) groups excluding carboxylic acids is 2. The average molecular weight is 359 g/mol. The van der Waals surface area contributed by atoms with E-state index in [1.165, 1.54) is 23.1 Å². The van der Waals surface area contributed by atoms with E-state index in [1.807, 2.05) is 0 Å². The highest BCUT2D eigenvalue weighted by Crippen LogP contribution is 2.24. The molecule has 0 saturated carbocycles. The Morgan fingerprint density at radius 2 is 1.67 bits per heavy atom. The van der Waals surface area contributed by atoms with E-state index in [0.29, 0.717) is 16.3 Å². The fourth-order valence-corrected chi connectivity index (χ4v) is 2.63. The summed E-state index contributed by atoms with van der Waals surface area (Å²) in [5.74, 6) is -0.997. The molecule has 0 atom stereocenters. The molecule has 3 rings (SSSR count). The number of anilines is 1. The number of hydrogen-bond donors (Lipinski definition) is 2. The third-order valence-electron chi connectivity index (χ3n) is 3.39.